The summed E-state index contributed by atoms with van der Waals surface area (Å²) in [4.78, 5) is 2.82. The highest BCUT2D eigenvalue weighted by atomic mass is 32.2. The fourth-order valence-corrected chi connectivity index (χ4v) is 5.30. The van der Waals surface area contributed by atoms with Gasteiger partial charge >= 0.3 is 0 Å². The summed E-state index contributed by atoms with van der Waals surface area (Å²) in [5.74, 6) is 0. The smallest absolute Gasteiger partial charge is 0.240 e. The van der Waals surface area contributed by atoms with Gasteiger partial charge in [0.25, 0.3) is 0 Å². The molecule has 2 N–H and O–H groups in total. The van der Waals surface area contributed by atoms with Crippen LogP contribution in [0.1, 0.15) is 31.9 Å². The zero-order chi connectivity index (χ0) is 18.0. The Labute approximate surface area is 155 Å². The molecule has 0 bridgehead atoms. The molecule has 0 saturated heterocycles. The molecule has 3 aromatic rings. The van der Waals surface area contributed by atoms with Crippen LogP contribution in [0.3, 0.4) is 0 Å². The second-order valence-corrected chi connectivity index (χ2v) is 9.74. The molecule has 1 atom stereocenters. The number of aryl methyl sites for hydroxylation is 2. The first-order chi connectivity index (χ1) is 11.9. The molecular formula is C18H19NO3S3. The summed E-state index contributed by atoms with van der Waals surface area (Å²) < 4.78 is 27.5. The van der Waals surface area contributed by atoms with E-state index >= 15 is 0 Å². The number of aliphatic hydroxyl groups excluding tert-OH is 1. The van der Waals surface area contributed by atoms with Crippen LogP contribution in [0.25, 0.3) is 0 Å². The molecule has 1 unspecified atom stereocenters. The molecule has 0 amide bonds. The molecule has 1 aromatic carbocycles. The Morgan fingerprint density at radius 2 is 1.88 bits per heavy atom. The lowest BCUT2D eigenvalue weighted by Gasteiger charge is -2.08. The van der Waals surface area contributed by atoms with Gasteiger partial charge in [0.1, 0.15) is 6.10 Å². The van der Waals surface area contributed by atoms with Crippen molar-refractivity contribution >= 4 is 32.7 Å². The lowest BCUT2D eigenvalue weighted by Crippen LogP contribution is -2.22. The largest absolute Gasteiger partial charge is 0.382 e. The van der Waals surface area contributed by atoms with Crippen molar-refractivity contribution < 1.29 is 13.5 Å². The van der Waals surface area contributed by atoms with E-state index in [2.05, 4.69) is 4.72 Å². The van der Waals surface area contributed by atoms with Crippen molar-refractivity contribution in [3.05, 3.63) is 73.6 Å². The number of sulfonamides is 1. The highest BCUT2D eigenvalue weighted by Gasteiger charge is 2.17. The molecular weight excluding hydrogens is 374 g/mol. The van der Waals surface area contributed by atoms with Gasteiger partial charge < -0.3 is 5.11 Å². The molecule has 25 heavy (non-hydrogen) atoms. The van der Waals surface area contributed by atoms with Gasteiger partial charge in [-0.2, -0.15) is 0 Å². The highest BCUT2D eigenvalue weighted by molar-refractivity contribution is 7.89. The average Bonchev–Trinajstić information content (AvgIpc) is 3.26. The second kappa shape index (κ2) is 7.39. The molecule has 4 nitrogen and oxygen atoms in total. The minimum absolute atomic E-state index is 0.205. The second-order valence-electron chi connectivity index (χ2n) is 5.79. The van der Waals surface area contributed by atoms with Gasteiger partial charge in [0, 0.05) is 21.2 Å². The maximum absolute atomic E-state index is 12.4. The lowest BCUT2D eigenvalue weighted by molar-refractivity contribution is 0.228. The van der Waals surface area contributed by atoms with Gasteiger partial charge in [-0.3, -0.25) is 0 Å². The highest BCUT2D eigenvalue weighted by Crippen LogP contribution is 2.31. The molecule has 0 aliphatic heterocycles. The monoisotopic (exact) mass is 393 g/mol. The van der Waals surface area contributed by atoms with Crippen LogP contribution in [-0.4, -0.2) is 13.5 Å². The van der Waals surface area contributed by atoms with E-state index in [-0.39, 0.29) is 11.4 Å². The van der Waals surface area contributed by atoms with Crippen molar-refractivity contribution in [1.29, 1.82) is 0 Å². The SMILES string of the molecule is Cc1ccc(S(=O)(=O)NCc2ccc(C(O)c3cccs3)s2)cc1C. The van der Waals surface area contributed by atoms with E-state index in [9.17, 15) is 13.5 Å². The summed E-state index contributed by atoms with van der Waals surface area (Å²) in [5.41, 5.74) is 2.00. The molecule has 0 aliphatic rings. The summed E-state index contributed by atoms with van der Waals surface area (Å²) in [6.07, 6.45) is -0.657. The molecule has 132 valence electrons. The molecule has 0 fully saturated rings. The quantitative estimate of drug-likeness (QED) is 0.665. The Balaban J connectivity index is 1.70. The third-order valence-electron chi connectivity index (χ3n) is 3.99. The fraction of sp³-hybridized carbons (Fsp3) is 0.222. The molecule has 7 heteroatoms. The van der Waals surface area contributed by atoms with Gasteiger partial charge in [-0.1, -0.05) is 12.1 Å². The predicted octanol–water partition coefficient (Wildman–Crippen LogP) is 3.99. The normalized spacial score (nSPS) is 13.1. The van der Waals surface area contributed by atoms with Gasteiger partial charge in [-0.25, -0.2) is 13.1 Å². The first-order valence-corrected chi connectivity index (χ1v) is 10.9. The van der Waals surface area contributed by atoms with E-state index < -0.39 is 16.1 Å². The maximum Gasteiger partial charge on any atom is 0.240 e. The van der Waals surface area contributed by atoms with Gasteiger partial charge in [0.2, 0.25) is 10.0 Å². The van der Waals surface area contributed by atoms with Crippen LogP contribution in [0.4, 0.5) is 0 Å². The Morgan fingerprint density at radius 1 is 1.08 bits per heavy atom. The number of hydrogen-bond acceptors (Lipinski definition) is 5. The number of rotatable bonds is 6. The first-order valence-electron chi connectivity index (χ1n) is 7.74. The fourth-order valence-electron chi connectivity index (χ4n) is 2.35. The molecule has 0 radical (unpaired) electrons. The van der Waals surface area contributed by atoms with Crippen molar-refractivity contribution in [3.8, 4) is 0 Å². The Kier molecular flexibility index (Phi) is 5.41. The summed E-state index contributed by atoms with van der Waals surface area (Å²) in [7, 11) is -3.56. The van der Waals surface area contributed by atoms with Crippen molar-refractivity contribution in [3.63, 3.8) is 0 Å². The van der Waals surface area contributed by atoms with E-state index in [1.165, 1.54) is 22.7 Å². The van der Waals surface area contributed by atoms with Crippen molar-refractivity contribution in [2.45, 2.75) is 31.4 Å². The molecule has 0 aliphatic carbocycles. The maximum atomic E-state index is 12.4. The van der Waals surface area contributed by atoms with Crippen LogP contribution < -0.4 is 4.72 Å². The topological polar surface area (TPSA) is 66.4 Å². The van der Waals surface area contributed by atoms with Gasteiger partial charge in [0.05, 0.1) is 4.90 Å². The Morgan fingerprint density at radius 3 is 2.56 bits per heavy atom. The zero-order valence-electron chi connectivity index (χ0n) is 13.9. The van der Waals surface area contributed by atoms with Crippen LogP contribution in [0.15, 0.2) is 52.7 Å². The summed E-state index contributed by atoms with van der Waals surface area (Å²) in [6.45, 7) is 4.05. The van der Waals surface area contributed by atoms with E-state index in [0.29, 0.717) is 0 Å². The zero-order valence-corrected chi connectivity index (χ0v) is 16.3. The minimum atomic E-state index is -3.56. The van der Waals surface area contributed by atoms with Crippen molar-refractivity contribution in [2.24, 2.45) is 0 Å². The van der Waals surface area contributed by atoms with E-state index in [1.54, 1.807) is 12.1 Å². The molecule has 3 rings (SSSR count). The Hall–Kier alpha value is -1.51. The predicted molar refractivity (Wildman–Crippen MR) is 103 cm³/mol. The molecule has 2 heterocycles. The molecule has 0 saturated carbocycles. The molecule has 2 aromatic heterocycles. The summed E-state index contributed by atoms with van der Waals surface area (Å²) >= 11 is 2.91. The van der Waals surface area contributed by atoms with Gasteiger partial charge in [-0.15, -0.1) is 22.7 Å². The summed E-state index contributed by atoms with van der Waals surface area (Å²) in [5, 5.41) is 12.3. The molecule has 0 spiro atoms. The lowest BCUT2D eigenvalue weighted by atomic mass is 10.1. The number of benzene rings is 1. The third kappa shape index (κ3) is 4.19. The number of nitrogens with one attached hydrogen (secondary N) is 1. The van der Waals surface area contributed by atoms with Crippen LogP contribution in [-0.2, 0) is 16.6 Å². The van der Waals surface area contributed by atoms with Crippen LogP contribution in [0, 0.1) is 13.8 Å². The standard InChI is InChI=1S/C18H19NO3S3/c1-12-5-7-15(10-13(12)2)25(21,22)19-11-14-6-8-17(24-14)18(20)16-4-3-9-23-16/h3-10,18-20H,11H2,1-2H3. The summed E-state index contributed by atoms with van der Waals surface area (Å²) in [6, 6.07) is 12.6. The number of hydrogen-bond donors (Lipinski definition) is 2. The van der Waals surface area contributed by atoms with Gasteiger partial charge in [0.15, 0.2) is 0 Å². The van der Waals surface area contributed by atoms with Crippen LogP contribution in [0.2, 0.25) is 0 Å². The van der Waals surface area contributed by atoms with Crippen molar-refractivity contribution in [1.82, 2.24) is 4.72 Å². The minimum Gasteiger partial charge on any atom is -0.382 e. The van der Waals surface area contributed by atoms with E-state index in [4.69, 9.17) is 0 Å². The first kappa shape index (κ1) is 18.3. The van der Waals surface area contributed by atoms with Crippen molar-refractivity contribution in [2.75, 3.05) is 0 Å². The van der Waals surface area contributed by atoms with E-state index in [1.807, 2.05) is 49.6 Å². The third-order valence-corrected chi connectivity index (χ3v) is 7.45. The van der Waals surface area contributed by atoms with E-state index in [0.717, 1.165) is 25.8 Å². The number of aliphatic hydroxyl groups is 1. The van der Waals surface area contributed by atoms with Gasteiger partial charge in [-0.05, 0) is 60.7 Å². The van der Waals surface area contributed by atoms with Crippen LogP contribution in [0.5, 0.6) is 0 Å². The average molecular weight is 394 g/mol. The number of thiophene rings is 2. The van der Waals surface area contributed by atoms with Crippen LogP contribution >= 0.6 is 22.7 Å². The Bertz CT molecular complexity index is 959.